The molecule has 4 rings (SSSR count). The quantitative estimate of drug-likeness (QED) is 0.284. The number of amides is 1. The third-order valence-electron chi connectivity index (χ3n) is 5.34. The number of thioether (sulfide) groups is 1. The van der Waals surface area contributed by atoms with Crippen molar-refractivity contribution < 1.29 is 9.53 Å². The van der Waals surface area contributed by atoms with Crippen molar-refractivity contribution in [3.63, 3.8) is 0 Å². The van der Waals surface area contributed by atoms with Gasteiger partial charge in [0.15, 0.2) is 11.0 Å². The Morgan fingerprint density at radius 1 is 1.00 bits per heavy atom. The second-order valence-corrected chi connectivity index (χ2v) is 8.89. The first-order valence-corrected chi connectivity index (χ1v) is 12.0. The number of pyridine rings is 1. The van der Waals surface area contributed by atoms with Crippen LogP contribution in [0, 0.1) is 20.8 Å². The zero-order chi connectivity index (χ0) is 23.9. The number of hydrogen-bond donors (Lipinski definition) is 1. The van der Waals surface area contributed by atoms with E-state index in [2.05, 4.69) is 46.5 Å². The van der Waals surface area contributed by atoms with E-state index >= 15 is 0 Å². The maximum absolute atomic E-state index is 12.5. The van der Waals surface area contributed by atoms with E-state index in [0.29, 0.717) is 24.1 Å². The fourth-order valence-corrected chi connectivity index (χ4v) is 4.18. The summed E-state index contributed by atoms with van der Waals surface area (Å²) in [5.74, 6) is 1.65. The minimum atomic E-state index is -0.0852. The molecule has 0 atom stereocenters. The molecule has 0 radical (unpaired) electrons. The molecule has 0 saturated heterocycles. The van der Waals surface area contributed by atoms with Crippen LogP contribution in [0.5, 0.6) is 5.75 Å². The van der Waals surface area contributed by atoms with Gasteiger partial charge in [0.2, 0.25) is 5.91 Å². The summed E-state index contributed by atoms with van der Waals surface area (Å²) in [6.07, 6.45) is 3.46. The van der Waals surface area contributed by atoms with Crippen LogP contribution in [-0.2, 0) is 4.79 Å². The van der Waals surface area contributed by atoms with Gasteiger partial charge in [-0.3, -0.25) is 14.3 Å². The van der Waals surface area contributed by atoms with Crippen molar-refractivity contribution in [3.05, 3.63) is 83.7 Å². The lowest BCUT2D eigenvalue weighted by Gasteiger charge is -2.12. The van der Waals surface area contributed by atoms with Gasteiger partial charge in [0, 0.05) is 18.0 Å². The summed E-state index contributed by atoms with van der Waals surface area (Å²) in [7, 11) is 0. The average Bonchev–Trinajstić information content (AvgIpc) is 3.27. The number of benzene rings is 2. The largest absolute Gasteiger partial charge is 0.492 e. The Kier molecular flexibility index (Phi) is 7.59. The Balaban J connectivity index is 1.42. The van der Waals surface area contributed by atoms with Gasteiger partial charge in [-0.1, -0.05) is 30.0 Å². The van der Waals surface area contributed by atoms with Crippen LogP contribution in [0.15, 0.2) is 72.1 Å². The van der Waals surface area contributed by atoms with Crippen molar-refractivity contribution in [2.75, 3.05) is 18.9 Å². The Labute approximate surface area is 203 Å². The summed E-state index contributed by atoms with van der Waals surface area (Å²) in [5.41, 5.74) is 5.38. The molecular formula is C26H27N5O2S. The monoisotopic (exact) mass is 473 g/mol. The Bertz CT molecular complexity index is 1270. The molecule has 0 aliphatic heterocycles. The summed E-state index contributed by atoms with van der Waals surface area (Å²) >= 11 is 1.35. The minimum Gasteiger partial charge on any atom is -0.492 e. The molecule has 2 heterocycles. The van der Waals surface area contributed by atoms with Gasteiger partial charge in [0.1, 0.15) is 12.4 Å². The second kappa shape index (κ2) is 11.0. The van der Waals surface area contributed by atoms with E-state index in [1.54, 1.807) is 12.4 Å². The summed E-state index contributed by atoms with van der Waals surface area (Å²) in [4.78, 5) is 16.6. The van der Waals surface area contributed by atoms with Crippen LogP contribution in [0.3, 0.4) is 0 Å². The number of carbonyl (C=O) groups is 1. The molecule has 174 valence electrons. The van der Waals surface area contributed by atoms with E-state index < -0.39 is 0 Å². The van der Waals surface area contributed by atoms with Crippen molar-refractivity contribution in [2.24, 2.45) is 0 Å². The number of ether oxygens (including phenoxy) is 1. The first-order valence-electron chi connectivity index (χ1n) is 11.0. The number of hydrogen-bond acceptors (Lipinski definition) is 6. The molecule has 4 aromatic rings. The third kappa shape index (κ3) is 5.82. The number of nitrogens with zero attached hydrogens (tertiary/aromatic N) is 4. The van der Waals surface area contributed by atoms with Crippen LogP contribution < -0.4 is 10.1 Å². The second-order valence-electron chi connectivity index (χ2n) is 7.95. The molecule has 0 aliphatic rings. The van der Waals surface area contributed by atoms with Crippen LogP contribution in [0.4, 0.5) is 0 Å². The molecule has 2 aromatic heterocycles. The first kappa shape index (κ1) is 23.5. The molecule has 34 heavy (non-hydrogen) atoms. The van der Waals surface area contributed by atoms with Crippen LogP contribution in [-0.4, -0.2) is 44.6 Å². The molecule has 0 saturated carbocycles. The highest BCUT2D eigenvalue weighted by Gasteiger charge is 2.17. The standard InChI is InChI=1S/C26H27N5O2S/c1-18-5-4-6-23(15-18)33-14-13-28-24(32)17-34-26-30-29-25(21-9-11-27-12-10-21)31(26)22-8-7-19(2)20(3)16-22/h4-12,15-16H,13-14,17H2,1-3H3,(H,28,32). The number of carbonyl (C=O) groups excluding carboxylic acids is 1. The van der Waals surface area contributed by atoms with Crippen LogP contribution in [0.25, 0.3) is 17.1 Å². The first-order chi connectivity index (χ1) is 16.5. The van der Waals surface area contributed by atoms with Crippen molar-refractivity contribution in [3.8, 4) is 22.8 Å². The van der Waals surface area contributed by atoms with E-state index in [9.17, 15) is 4.79 Å². The molecule has 0 unspecified atom stereocenters. The molecule has 1 N–H and O–H groups in total. The highest BCUT2D eigenvalue weighted by atomic mass is 32.2. The Hall–Kier alpha value is -3.65. The molecule has 0 spiro atoms. The van der Waals surface area contributed by atoms with E-state index in [-0.39, 0.29) is 11.7 Å². The van der Waals surface area contributed by atoms with E-state index in [0.717, 1.165) is 22.6 Å². The van der Waals surface area contributed by atoms with Gasteiger partial charge in [-0.15, -0.1) is 10.2 Å². The van der Waals surface area contributed by atoms with E-state index in [4.69, 9.17) is 4.74 Å². The fourth-order valence-electron chi connectivity index (χ4n) is 3.39. The highest BCUT2D eigenvalue weighted by Crippen LogP contribution is 2.28. The lowest BCUT2D eigenvalue weighted by atomic mass is 10.1. The summed E-state index contributed by atoms with van der Waals surface area (Å²) < 4.78 is 7.68. The third-order valence-corrected chi connectivity index (χ3v) is 6.26. The zero-order valence-corrected chi connectivity index (χ0v) is 20.3. The molecule has 0 fully saturated rings. The SMILES string of the molecule is Cc1cccc(OCCNC(=O)CSc2nnc(-c3ccncc3)n2-c2ccc(C)c(C)c2)c1. The lowest BCUT2D eigenvalue weighted by Crippen LogP contribution is -2.29. The Morgan fingerprint density at radius 2 is 1.82 bits per heavy atom. The maximum atomic E-state index is 12.5. The summed E-state index contributed by atoms with van der Waals surface area (Å²) in [6, 6.07) is 17.9. The number of rotatable bonds is 9. The summed E-state index contributed by atoms with van der Waals surface area (Å²) in [6.45, 7) is 7.01. The molecular weight excluding hydrogens is 446 g/mol. The molecule has 1 amide bonds. The topological polar surface area (TPSA) is 81.9 Å². The average molecular weight is 474 g/mol. The highest BCUT2D eigenvalue weighted by molar-refractivity contribution is 7.99. The lowest BCUT2D eigenvalue weighted by molar-refractivity contribution is -0.118. The van der Waals surface area contributed by atoms with Gasteiger partial charge in [-0.2, -0.15) is 0 Å². The molecule has 8 heteroatoms. The van der Waals surface area contributed by atoms with Crippen molar-refractivity contribution >= 4 is 17.7 Å². The van der Waals surface area contributed by atoms with Crippen LogP contribution in [0.1, 0.15) is 16.7 Å². The maximum Gasteiger partial charge on any atom is 0.230 e. The van der Waals surface area contributed by atoms with Gasteiger partial charge in [-0.05, 0) is 73.9 Å². The number of aromatic nitrogens is 4. The fraction of sp³-hybridized carbons (Fsp3) is 0.231. The smallest absolute Gasteiger partial charge is 0.230 e. The van der Waals surface area contributed by atoms with Gasteiger partial charge >= 0.3 is 0 Å². The van der Waals surface area contributed by atoms with Gasteiger partial charge in [-0.25, -0.2) is 0 Å². The minimum absolute atomic E-state index is 0.0852. The van der Waals surface area contributed by atoms with Crippen molar-refractivity contribution in [2.45, 2.75) is 25.9 Å². The zero-order valence-electron chi connectivity index (χ0n) is 19.5. The normalized spacial score (nSPS) is 10.8. The van der Waals surface area contributed by atoms with Gasteiger partial charge in [0.05, 0.1) is 18.0 Å². The molecule has 0 bridgehead atoms. The number of aryl methyl sites for hydroxylation is 3. The van der Waals surface area contributed by atoms with E-state index in [1.807, 2.05) is 54.0 Å². The van der Waals surface area contributed by atoms with Gasteiger partial charge in [0.25, 0.3) is 0 Å². The van der Waals surface area contributed by atoms with Crippen LogP contribution >= 0.6 is 11.8 Å². The number of nitrogens with one attached hydrogen (secondary N) is 1. The van der Waals surface area contributed by atoms with Crippen molar-refractivity contribution in [1.29, 1.82) is 0 Å². The predicted molar refractivity (Wildman–Crippen MR) is 134 cm³/mol. The van der Waals surface area contributed by atoms with E-state index in [1.165, 1.54) is 22.9 Å². The molecule has 7 nitrogen and oxygen atoms in total. The Morgan fingerprint density at radius 3 is 2.59 bits per heavy atom. The van der Waals surface area contributed by atoms with Crippen molar-refractivity contribution in [1.82, 2.24) is 25.1 Å². The molecule has 2 aromatic carbocycles. The predicted octanol–water partition coefficient (Wildman–Crippen LogP) is 4.54. The molecule has 0 aliphatic carbocycles. The van der Waals surface area contributed by atoms with Crippen LogP contribution in [0.2, 0.25) is 0 Å². The summed E-state index contributed by atoms with van der Waals surface area (Å²) in [5, 5.41) is 12.4. The van der Waals surface area contributed by atoms with Gasteiger partial charge < -0.3 is 10.1 Å².